The van der Waals surface area contributed by atoms with Crippen LogP contribution in [0.1, 0.15) is 51.5 Å². The van der Waals surface area contributed by atoms with E-state index in [1.807, 2.05) is 0 Å². The van der Waals surface area contributed by atoms with E-state index < -0.39 is 0 Å². The molecule has 118 valence electrons. The molecular formula is C18H30N2O. The lowest BCUT2D eigenvalue weighted by Crippen LogP contribution is -2.33. The lowest BCUT2D eigenvalue weighted by molar-refractivity contribution is 0.337. The van der Waals surface area contributed by atoms with Gasteiger partial charge in [0.15, 0.2) is 0 Å². The van der Waals surface area contributed by atoms with Gasteiger partial charge >= 0.3 is 0 Å². The Bertz CT molecular complexity index is 427. The minimum Gasteiger partial charge on any atom is -0.492 e. The van der Waals surface area contributed by atoms with Gasteiger partial charge in [-0.2, -0.15) is 0 Å². The highest BCUT2D eigenvalue weighted by molar-refractivity contribution is 5.60. The Morgan fingerprint density at radius 3 is 2.62 bits per heavy atom. The van der Waals surface area contributed by atoms with Gasteiger partial charge in [0.1, 0.15) is 5.75 Å². The summed E-state index contributed by atoms with van der Waals surface area (Å²) >= 11 is 0. The predicted molar refractivity (Wildman–Crippen MR) is 90.3 cm³/mol. The predicted octanol–water partition coefficient (Wildman–Crippen LogP) is 3.96. The maximum Gasteiger partial charge on any atom is 0.142 e. The molecule has 1 aromatic rings. The normalized spacial score (nSPS) is 16.0. The van der Waals surface area contributed by atoms with E-state index in [4.69, 9.17) is 4.74 Å². The first-order valence-corrected chi connectivity index (χ1v) is 8.45. The summed E-state index contributed by atoms with van der Waals surface area (Å²) in [6.07, 6.45) is 6.72. The lowest BCUT2D eigenvalue weighted by atomic mass is 9.94. The third-order valence-corrected chi connectivity index (χ3v) is 4.41. The molecule has 1 aromatic carbocycles. The van der Waals surface area contributed by atoms with Gasteiger partial charge in [0.25, 0.3) is 0 Å². The molecule has 1 N–H and O–H groups in total. The van der Waals surface area contributed by atoms with Crippen molar-refractivity contribution in [3.8, 4) is 5.75 Å². The molecule has 1 aliphatic rings. The van der Waals surface area contributed by atoms with Crippen LogP contribution in [0, 0.1) is 0 Å². The topological polar surface area (TPSA) is 24.5 Å². The summed E-state index contributed by atoms with van der Waals surface area (Å²) in [6, 6.07) is 7.31. The molecule has 2 rings (SSSR count). The fourth-order valence-corrected chi connectivity index (χ4v) is 3.17. The number of nitrogens with zero attached hydrogens (tertiary/aromatic N) is 1. The summed E-state index contributed by atoms with van der Waals surface area (Å²) in [7, 11) is 2.22. The molecule has 0 unspecified atom stereocenters. The van der Waals surface area contributed by atoms with Gasteiger partial charge in [-0.05, 0) is 44.0 Å². The van der Waals surface area contributed by atoms with E-state index in [1.54, 1.807) is 0 Å². The van der Waals surface area contributed by atoms with Crippen molar-refractivity contribution >= 4 is 5.69 Å². The molecule has 3 nitrogen and oxygen atoms in total. The number of nitrogens with one attached hydrogen (secondary N) is 1. The third-order valence-electron chi connectivity index (χ3n) is 4.41. The SMILES string of the molecule is CCNCc1ccc(N(C)C2CCCCC2)c(OCC)c1. The molecule has 21 heavy (non-hydrogen) atoms. The van der Waals surface area contributed by atoms with Crippen LogP contribution in [0.25, 0.3) is 0 Å². The van der Waals surface area contributed by atoms with Crippen molar-refractivity contribution in [1.29, 1.82) is 0 Å². The van der Waals surface area contributed by atoms with E-state index in [2.05, 4.69) is 49.3 Å². The molecule has 0 bridgehead atoms. The van der Waals surface area contributed by atoms with Crippen molar-refractivity contribution in [2.45, 2.75) is 58.5 Å². The van der Waals surface area contributed by atoms with E-state index >= 15 is 0 Å². The highest BCUT2D eigenvalue weighted by Gasteiger charge is 2.20. The summed E-state index contributed by atoms with van der Waals surface area (Å²) in [4.78, 5) is 2.43. The van der Waals surface area contributed by atoms with Crippen LogP contribution in [0.2, 0.25) is 0 Å². The first kappa shape index (κ1) is 16.2. The van der Waals surface area contributed by atoms with Crippen LogP contribution in [0.5, 0.6) is 5.75 Å². The van der Waals surface area contributed by atoms with Crippen LogP contribution >= 0.6 is 0 Å². The molecule has 0 spiro atoms. The second-order valence-corrected chi connectivity index (χ2v) is 5.92. The molecule has 0 aromatic heterocycles. The van der Waals surface area contributed by atoms with Gasteiger partial charge < -0.3 is 15.0 Å². The van der Waals surface area contributed by atoms with Gasteiger partial charge in [-0.15, -0.1) is 0 Å². The molecule has 0 heterocycles. The summed E-state index contributed by atoms with van der Waals surface area (Å²) in [5.74, 6) is 1.03. The Labute approximate surface area is 129 Å². The van der Waals surface area contributed by atoms with E-state index in [1.165, 1.54) is 43.4 Å². The van der Waals surface area contributed by atoms with Gasteiger partial charge in [-0.3, -0.25) is 0 Å². The number of hydrogen-bond acceptors (Lipinski definition) is 3. The van der Waals surface area contributed by atoms with Gasteiger partial charge in [-0.25, -0.2) is 0 Å². The second-order valence-electron chi connectivity index (χ2n) is 5.92. The molecule has 1 saturated carbocycles. The van der Waals surface area contributed by atoms with Crippen LogP contribution in [0.3, 0.4) is 0 Å². The molecule has 0 aliphatic heterocycles. The number of anilines is 1. The van der Waals surface area contributed by atoms with Gasteiger partial charge in [0, 0.05) is 19.6 Å². The summed E-state index contributed by atoms with van der Waals surface area (Å²) in [6.45, 7) is 6.81. The minimum absolute atomic E-state index is 0.664. The van der Waals surface area contributed by atoms with Crippen LogP contribution in [0.15, 0.2) is 18.2 Å². The van der Waals surface area contributed by atoms with Crippen LogP contribution in [-0.2, 0) is 6.54 Å². The van der Waals surface area contributed by atoms with Gasteiger partial charge in [0.05, 0.1) is 12.3 Å². The molecule has 0 radical (unpaired) electrons. The van der Waals surface area contributed by atoms with Crippen molar-refractivity contribution in [2.24, 2.45) is 0 Å². The Hall–Kier alpha value is -1.22. The third kappa shape index (κ3) is 4.37. The van der Waals surface area contributed by atoms with Gasteiger partial charge in [0.2, 0.25) is 0 Å². The highest BCUT2D eigenvalue weighted by Crippen LogP contribution is 2.33. The maximum atomic E-state index is 5.90. The van der Waals surface area contributed by atoms with E-state index in [0.717, 1.165) is 25.4 Å². The maximum absolute atomic E-state index is 5.90. The molecule has 0 amide bonds. The summed E-state index contributed by atoms with van der Waals surface area (Å²) < 4.78 is 5.90. The Morgan fingerprint density at radius 2 is 1.95 bits per heavy atom. The Kier molecular flexibility index (Phi) is 6.37. The second kappa shape index (κ2) is 8.28. The first-order chi connectivity index (χ1) is 10.3. The van der Waals surface area contributed by atoms with Gasteiger partial charge in [-0.1, -0.05) is 32.3 Å². The molecule has 1 fully saturated rings. The fourth-order valence-electron chi connectivity index (χ4n) is 3.17. The van der Waals surface area contributed by atoms with Crippen LogP contribution < -0.4 is 15.0 Å². The van der Waals surface area contributed by atoms with Crippen molar-refractivity contribution < 1.29 is 4.74 Å². The standard InChI is InChI=1S/C18H30N2O/c1-4-19-14-15-11-12-17(18(13-15)21-5-2)20(3)16-9-7-6-8-10-16/h11-13,16,19H,4-10,14H2,1-3H3. The zero-order chi connectivity index (χ0) is 15.1. The van der Waals surface area contributed by atoms with E-state index in [-0.39, 0.29) is 0 Å². The first-order valence-electron chi connectivity index (χ1n) is 8.45. The van der Waals surface area contributed by atoms with E-state index in [0.29, 0.717) is 6.04 Å². The minimum atomic E-state index is 0.664. The smallest absolute Gasteiger partial charge is 0.142 e. The lowest BCUT2D eigenvalue weighted by Gasteiger charge is -2.34. The van der Waals surface area contributed by atoms with Crippen LogP contribution in [-0.4, -0.2) is 26.2 Å². The molecular weight excluding hydrogens is 260 g/mol. The van der Waals surface area contributed by atoms with Crippen molar-refractivity contribution in [1.82, 2.24) is 5.32 Å². The quantitative estimate of drug-likeness (QED) is 0.822. The van der Waals surface area contributed by atoms with Crippen molar-refractivity contribution in [3.63, 3.8) is 0 Å². The zero-order valence-corrected chi connectivity index (χ0v) is 13.8. The molecule has 3 heteroatoms. The highest BCUT2D eigenvalue weighted by atomic mass is 16.5. The monoisotopic (exact) mass is 290 g/mol. The number of rotatable bonds is 7. The average Bonchev–Trinajstić information content (AvgIpc) is 2.53. The molecule has 1 aliphatic carbocycles. The van der Waals surface area contributed by atoms with E-state index in [9.17, 15) is 0 Å². The van der Waals surface area contributed by atoms with Crippen molar-refractivity contribution in [3.05, 3.63) is 23.8 Å². The fraction of sp³-hybridized carbons (Fsp3) is 0.667. The Balaban J connectivity index is 2.15. The zero-order valence-electron chi connectivity index (χ0n) is 13.8. The largest absolute Gasteiger partial charge is 0.492 e. The number of hydrogen-bond donors (Lipinski definition) is 1. The summed E-state index contributed by atoms with van der Waals surface area (Å²) in [5.41, 5.74) is 2.53. The van der Waals surface area contributed by atoms with Crippen molar-refractivity contribution in [2.75, 3.05) is 25.1 Å². The molecule has 0 saturated heterocycles. The average molecular weight is 290 g/mol. The number of benzene rings is 1. The van der Waals surface area contributed by atoms with Crippen LogP contribution in [0.4, 0.5) is 5.69 Å². The molecule has 0 atom stereocenters. The number of ether oxygens (including phenoxy) is 1. The Morgan fingerprint density at radius 1 is 1.19 bits per heavy atom. The summed E-state index contributed by atoms with van der Waals surface area (Å²) in [5, 5.41) is 3.38.